The first-order chi connectivity index (χ1) is 13.1. The van der Waals surface area contributed by atoms with E-state index in [0.29, 0.717) is 11.8 Å². The SMILES string of the molecule is COc1ccc2cc(C[NH+](C)[C@H](C)c3nnc(-c4cccs4)o3)ccc2c1. The molecular formula is C21H22N3O2S+. The van der Waals surface area contributed by atoms with Crippen LogP contribution in [-0.2, 0) is 6.54 Å². The second-order valence-corrected chi connectivity index (χ2v) is 7.66. The Labute approximate surface area is 162 Å². The lowest BCUT2D eigenvalue weighted by molar-refractivity contribution is -0.925. The summed E-state index contributed by atoms with van der Waals surface area (Å²) in [7, 11) is 3.84. The van der Waals surface area contributed by atoms with E-state index in [2.05, 4.69) is 54.5 Å². The molecule has 2 aromatic carbocycles. The van der Waals surface area contributed by atoms with Crippen molar-refractivity contribution in [2.24, 2.45) is 0 Å². The van der Waals surface area contributed by atoms with E-state index < -0.39 is 0 Å². The fourth-order valence-electron chi connectivity index (χ4n) is 3.11. The molecule has 0 saturated heterocycles. The van der Waals surface area contributed by atoms with Crippen molar-refractivity contribution in [1.29, 1.82) is 0 Å². The Morgan fingerprint density at radius 3 is 2.70 bits per heavy atom. The van der Waals surface area contributed by atoms with Crippen molar-refractivity contribution < 1.29 is 14.1 Å². The fraction of sp³-hybridized carbons (Fsp3) is 0.238. The summed E-state index contributed by atoms with van der Waals surface area (Å²) >= 11 is 1.60. The maximum absolute atomic E-state index is 5.90. The van der Waals surface area contributed by atoms with Gasteiger partial charge in [0, 0.05) is 5.56 Å². The molecule has 0 fully saturated rings. The number of thiophene rings is 1. The third-order valence-electron chi connectivity index (χ3n) is 4.88. The van der Waals surface area contributed by atoms with Crippen LogP contribution < -0.4 is 9.64 Å². The molecule has 0 aliphatic heterocycles. The molecule has 0 bridgehead atoms. The molecule has 6 heteroatoms. The number of methoxy groups -OCH3 is 1. The normalized spacial score (nSPS) is 13.6. The standard InChI is InChI=1S/C21H21N3O2S/c1-14(20-22-23-21(26-20)19-5-4-10-27-19)24(2)13-15-6-7-17-12-18(25-3)9-8-16(17)11-15/h4-12,14H,13H2,1-3H3/p+1/t14-/m1/s1. The average Bonchev–Trinajstić information content (AvgIpc) is 3.38. The van der Waals surface area contributed by atoms with Crippen molar-refractivity contribution >= 4 is 22.1 Å². The van der Waals surface area contributed by atoms with Crippen molar-refractivity contribution in [3.05, 3.63) is 65.4 Å². The van der Waals surface area contributed by atoms with Crippen LogP contribution >= 0.6 is 11.3 Å². The van der Waals surface area contributed by atoms with Crippen molar-refractivity contribution in [3.8, 4) is 16.5 Å². The van der Waals surface area contributed by atoms with E-state index in [9.17, 15) is 0 Å². The van der Waals surface area contributed by atoms with Crippen molar-refractivity contribution in [2.45, 2.75) is 19.5 Å². The Hall–Kier alpha value is -2.70. The van der Waals surface area contributed by atoms with Crippen LogP contribution in [0.2, 0.25) is 0 Å². The van der Waals surface area contributed by atoms with E-state index in [0.717, 1.165) is 17.2 Å². The highest BCUT2D eigenvalue weighted by Gasteiger charge is 2.23. The smallest absolute Gasteiger partial charge is 0.274 e. The Morgan fingerprint density at radius 1 is 1.11 bits per heavy atom. The Bertz CT molecular complexity index is 1040. The summed E-state index contributed by atoms with van der Waals surface area (Å²) in [6.45, 7) is 2.99. The van der Waals surface area contributed by atoms with E-state index >= 15 is 0 Å². The molecule has 2 atom stereocenters. The lowest BCUT2D eigenvalue weighted by Crippen LogP contribution is -3.07. The minimum atomic E-state index is 0.109. The van der Waals surface area contributed by atoms with Crippen LogP contribution in [0.15, 0.2) is 58.3 Å². The lowest BCUT2D eigenvalue weighted by Gasteiger charge is -2.19. The van der Waals surface area contributed by atoms with Crippen molar-refractivity contribution in [3.63, 3.8) is 0 Å². The predicted molar refractivity (Wildman–Crippen MR) is 107 cm³/mol. The summed E-state index contributed by atoms with van der Waals surface area (Å²) in [6.07, 6.45) is 0. The molecule has 1 unspecified atom stereocenters. The summed E-state index contributed by atoms with van der Waals surface area (Å²) in [4.78, 5) is 2.30. The van der Waals surface area contributed by atoms with E-state index in [1.165, 1.54) is 21.2 Å². The number of benzene rings is 2. The fourth-order valence-corrected chi connectivity index (χ4v) is 3.75. The lowest BCUT2D eigenvalue weighted by atomic mass is 10.1. The number of aromatic nitrogens is 2. The molecule has 5 nitrogen and oxygen atoms in total. The van der Waals surface area contributed by atoms with Crippen LogP contribution in [0.5, 0.6) is 5.75 Å². The first-order valence-electron chi connectivity index (χ1n) is 8.90. The molecule has 0 aliphatic rings. The topological polar surface area (TPSA) is 52.6 Å². The zero-order chi connectivity index (χ0) is 18.8. The van der Waals surface area contributed by atoms with Gasteiger partial charge in [0.25, 0.3) is 11.8 Å². The summed E-state index contributed by atoms with van der Waals surface area (Å²) in [6, 6.07) is 16.8. The van der Waals surface area contributed by atoms with E-state index in [4.69, 9.17) is 9.15 Å². The van der Waals surface area contributed by atoms with Crippen LogP contribution in [0.3, 0.4) is 0 Å². The average molecular weight is 380 g/mol. The molecule has 4 aromatic rings. The molecule has 0 saturated carbocycles. The molecule has 0 aliphatic carbocycles. The first kappa shape index (κ1) is 17.7. The van der Waals surface area contributed by atoms with Gasteiger partial charge in [0.1, 0.15) is 12.3 Å². The van der Waals surface area contributed by atoms with Gasteiger partial charge in [-0.3, -0.25) is 0 Å². The number of quaternary nitrogens is 1. The maximum atomic E-state index is 5.90. The number of hydrogen-bond acceptors (Lipinski definition) is 5. The molecule has 27 heavy (non-hydrogen) atoms. The summed E-state index contributed by atoms with van der Waals surface area (Å²) in [5.74, 6) is 2.14. The number of rotatable bonds is 6. The van der Waals surface area contributed by atoms with E-state index in [-0.39, 0.29) is 6.04 Å². The molecule has 138 valence electrons. The predicted octanol–water partition coefficient (Wildman–Crippen LogP) is 3.74. The van der Waals surface area contributed by atoms with Gasteiger partial charge in [0.15, 0.2) is 6.04 Å². The molecule has 2 heterocycles. The van der Waals surface area contributed by atoms with Crippen molar-refractivity contribution in [1.82, 2.24) is 10.2 Å². The second-order valence-electron chi connectivity index (χ2n) is 6.72. The van der Waals surface area contributed by atoms with Gasteiger partial charge in [-0.15, -0.1) is 21.5 Å². The molecule has 2 aromatic heterocycles. The van der Waals surface area contributed by atoms with Gasteiger partial charge < -0.3 is 14.1 Å². The third-order valence-corrected chi connectivity index (χ3v) is 5.73. The van der Waals surface area contributed by atoms with E-state index in [1.807, 2.05) is 23.6 Å². The quantitative estimate of drug-likeness (QED) is 0.554. The van der Waals surface area contributed by atoms with E-state index in [1.54, 1.807) is 18.4 Å². The Balaban J connectivity index is 1.49. The highest BCUT2D eigenvalue weighted by atomic mass is 32.1. The molecule has 0 amide bonds. The zero-order valence-electron chi connectivity index (χ0n) is 15.6. The number of hydrogen-bond donors (Lipinski definition) is 1. The van der Waals surface area contributed by atoms with Gasteiger partial charge >= 0.3 is 0 Å². The van der Waals surface area contributed by atoms with Gasteiger partial charge in [0.05, 0.1) is 19.0 Å². The Morgan fingerprint density at radius 2 is 1.93 bits per heavy atom. The van der Waals surface area contributed by atoms with Gasteiger partial charge in [-0.2, -0.15) is 0 Å². The second kappa shape index (κ2) is 7.50. The molecule has 0 spiro atoms. The van der Waals surface area contributed by atoms with Gasteiger partial charge in [-0.05, 0) is 47.3 Å². The van der Waals surface area contributed by atoms with Gasteiger partial charge in [0.2, 0.25) is 0 Å². The van der Waals surface area contributed by atoms with Crippen molar-refractivity contribution in [2.75, 3.05) is 14.2 Å². The van der Waals surface area contributed by atoms with Crippen LogP contribution in [0.4, 0.5) is 0 Å². The molecule has 0 radical (unpaired) electrons. The number of fused-ring (bicyclic) bond motifs is 1. The maximum Gasteiger partial charge on any atom is 0.274 e. The molecule has 1 N–H and O–H groups in total. The number of ether oxygens (including phenoxy) is 1. The minimum Gasteiger partial charge on any atom is -0.497 e. The van der Waals surface area contributed by atoms with Crippen LogP contribution in [0.1, 0.15) is 24.4 Å². The molecular weight excluding hydrogens is 358 g/mol. The van der Waals surface area contributed by atoms with Gasteiger partial charge in [-0.25, -0.2) is 0 Å². The number of nitrogens with zero attached hydrogens (tertiary/aromatic N) is 2. The number of nitrogens with one attached hydrogen (secondary N) is 1. The largest absolute Gasteiger partial charge is 0.497 e. The van der Waals surface area contributed by atoms with Gasteiger partial charge in [-0.1, -0.05) is 24.3 Å². The highest BCUT2D eigenvalue weighted by Crippen LogP contribution is 2.24. The summed E-state index contributed by atoms with van der Waals surface area (Å²) < 4.78 is 11.2. The van der Waals surface area contributed by atoms with Crippen LogP contribution in [0, 0.1) is 0 Å². The summed E-state index contributed by atoms with van der Waals surface area (Å²) in [5, 5.41) is 12.9. The summed E-state index contributed by atoms with van der Waals surface area (Å²) in [5.41, 5.74) is 1.27. The van der Waals surface area contributed by atoms with Crippen LogP contribution in [0.25, 0.3) is 21.5 Å². The molecule has 4 rings (SSSR count). The highest BCUT2D eigenvalue weighted by molar-refractivity contribution is 7.13. The third kappa shape index (κ3) is 3.72. The monoisotopic (exact) mass is 380 g/mol. The van der Waals surface area contributed by atoms with Crippen LogP contribution in [-0.4, -0.2) is 24.4 Å². The first-order valence-corrected chi connectivity index (χ1v) is 9.78. The zero-order valence-corrected chi connectivity index (χ0v) is 16.4. The minimum absolute atomic E-state index is 0.109. The Kier molecular flexibility index (Phi) is 4.92.